The van der Waals surface area contributed by atoms with Gasteiger partial charge in [-0.15, -0.1) is 0 Å². The van der Waals surface area contributed by atoms with Crippen molar-refractivity contribution in [2.45, 2.75) is 24.5 Å². The van der Waals surface area contributed by atoms with Crippen molar-refractivity contribution in [3.05, 3.63) is 42.0 Å². The standard InChI is InChI=1S/C21H28N2O3/c1-25-14-20(24)22-12-17-18-13-23(15-21(18)10-9-19(17)26-21)11-5-8-16-6-3-2-4-7-16/h2-8,17-19H,9-15H2,1H3,(H,22,24)/b8-5+/t17-,18+,19+,21+/m0/s1. The predicted molar refractivity (Wildman–Crippen MR) is 101 cm³/mol. The number of carbonyl (C=O) groups is 1. The fourth-order valence-electron chi connectivity index (χ4n) is 5.01. The molecule has 140 valence electrons. The van der Waals surface area contributed by atoms with Crippen molar-refractivity contribution in [1.29, 1.82) is 0 Å². The molecule has 1 aromatic rings. The Morgan fingerprint density at radius 3 is 3.08 bits per heavy atom. The Balaban J connectivity index is 1.34. The highest BCUT2D eigenvalue weighted by Gasteiger charge is 2.62. The van der Waals surface area contributed by atoms with E-state index in [1.54, 1.807) is 7.11 Å². The second kappa shape index (κ2) is 7.51. The lowest BCUT2D eigenvalue weighted by Gasteiger charge is -2.29. The van der Waals surface area contributed by atoms with Gasteiger partial charge < -0.3 is 14.8 Å². The van der Waals surface area contributed by atoms with Crippen LogP contribution >= 0.6 is 0 Å². The Kier molecular flexibility index (Phi) is 5.11. The maximum atomic E-state index is 11.7. The molecule has 5 nitrogen and oxygen atoms in total. The van der Waals surface area contributed by atoms with Crippen molar-refractivity contribution in [2.75, 3.05) is 39.9 Å². The summed E-state index contributed by atoms with van der Waals surface area (Å²) in [5, 5.41) is 3.02. The highest BCUT2D eigenvalue weighted by atomic mass is 16.5. The molecule has 4 rings (SSSR count). The number of nitrogens with zero attached hydrogens (tertiary/aromatic N) is 1. The van der Waals surface area contributed by atoms with Crippen molar-refractivity contribution in [2.24, 2.45) is 11.8 Å². The third-order valence-corrected chi connectivity index (χ3v) is 6.14. The van der Waals surface area contributed by atoms with Crippen LogP contribution < -0.4 is 5.32 Å². The van der Waals surface area contributed by atoms with E-state index in [9.17, 15) is 4.79 Å². The lowest BCUT2D eigenvalue weighted by Crippen LogP contribution is -2.42. The van der Waals surface area contributed by atoms with Gasteiger partial charge in [0.2, 0.25) is 5.91 Å². The number of hydrogen-bond donors (Lipinski definition) is 1. The Morgan fingerprint density at radius 2 is 2.27 bits per heavy atom. The number of ether oxygens (including phenoxy) is 2. The van der Waals surface area contributed by atoms with E-state index in [2.05, 4.69) is 46.6 Å². The first-order valence-electron chi connectivity index (χ1n) is 9.57. The summed E-state index contributed by atoms with van der Waals surface area (Å²) >= 11 is 0. The fraction of sp³-hybridized carbons (Fsp3) is 0.571. The molecule has 0 aromatic heterocycles. The largest absolute Gasteiger partial charge is 0.375 e. The molecule has 1 amide bonds. The molecule has 3 aliphatic heterocycles. The molecule has 3 fully saturated rings. The first-order valence-corrected chi connectivity index (χ1v) is 9.57. The van der Waals surface area contributed by atoms with E-state index in [0.717, 1.165) is 32.5 Å². The van der Waals surface area contributed by atoms with Crippen molar-refractivity contribution >= 4 is 12.0 Å². The van der Waals surface area contributed by atoms with Gasteiger partial charge in [0.1, 0.15) is 6.61 Å². The van der Waals surface area contributed by atoms with Crippen LogP contribution in [0.1, 0.15) is 18.4 Å². The summed E-state index contributed by atoms with van der Waals surface area (Å²) < 4.78 is 11.3. The molecule has 3 aliphatic rings. The number of amides is 1. The summed E-state index contributed by atoms with van der Waals surface area (Å²) in [6.07, 6.45) is 7.02. The summed E-state index contributed by atoms with van der Waals surface area (Å²) in [4.78, 5) is 14.2. The predicted octanol–water partition coefficient (Wildman–Crippen LogP) is 1.94. The van der Waals surface area contributed by atoms with Crippen LogP contribution in [0.4, 0.5) is 0 Å². The Morgan fingerprint density at radius 1 is 1.42 bits per heavy atom. The van der Waals surface area contributed by atoms with Crippen LogP contribution in [0.15, 0.2) is 36.4 Å². The molecule has 0 radical (unpaired) electrons. The number of hydrogen-bond acceptors (Lipinski definition) is 4. The van der Waals surface area contributed by atoms with Crippen LogP contribution in [0, 0.1) is 11.8 Å². The van der Waals surface area contributed by atoms with Gasteiger partial charge in [-0.3, -0.25) is 9.69 Å². The van der Waals surface area contributed by atoms with Gasteiger partial charge in [-0.25, -0.2) is 0 Å². The van der Waals surface area contributed by atoms with Gasteiger partial charge in [0.05, 0.1) is 11.7 Å². The van der Waals surface area contributed by atoms with Crippen LogP contribution in [0.25, 0.3) is 6.08 Å². The third kappa shape index (κ3) is 3.43. The Hall–Kier alpha value is -1.69. The SMILES string of the molecule is COCC(=O)NC[C@H]1[C@H]2CN(C/C=C/c3ccccc3)C[C@]23CC[C@H]1O3. The number of nitrogens with one attached hydrogen (secondary N) is 1. The molecule has 2 bridgehead atoms. The lowest BCUT2D eigenvalue weighted by molar-refractivity contribution is -0.125. The number of rotatable bonds is 7. The molecule has 5 heteroatoms. The second-order valence-electron chi connectivity index (χ2n) is 7.77. The second-order valence-corrected chi connectivity index (χ2v) is 7.77. The summed E-state index contributed by atoms with van der Waals surface area (Å²) in [5.74, 6) is 0.909. The average molecular weight is 356 g/mol. The van der Waals surface area contributed by atoms with Crippen molar-refractivity contribution < 1.29 is 14.3 Å². The normalized spacial score (nSPS) is 33.0. The van der Waals surface area contributed by atoms with Gasteiger partial charge in [-0.1, -0.05) is 42.5 Å². The van der Waals surface area contributed by atoms with E-state index in [0.29, 0.717) is 24.5 Å². The van der Waals surface area contributed by atoms with Crippen LogP contribution in [-0.2, 0) is 14.3 Å². The molecular formula is C21H28N2O3. The van der Waals surface area contributed by atoms with Gasteiger partial charge in [0.25, 0.3) is 0 Å². The zero-order chi connectivity index (χ0) is 18.0. The topological polar surface area (TPSA) is 50.8 Å². The average Bonchev–Trinajstić information content (AvgIpc) is 3.29. The maximum absolute atomic E-state index is 11.7. The third-order valence-electron chi connectivity index (χ3n) is 6.14. The van der Waals surface area contributed by atoms with Crippen LogP contribution in [0.2, 0.25) is 0 Å². The Bertz CT molecular complexity index is 662. The number of carbonyl (C=O) groups excluding carboxylic acids is 1. The minimum atomic E-state index is -0.0371. The smallest absolute Gasteiger partial charge is 0.245 e. The molecule has 4 atom stereocenters. The zero-order valence-corrected chi connectivity index (χ0v) is 15.4. The molecule has 26 heavy (non-hydrogen) atoms. The first kappa shape index (κ1) is 17.7. The van der Waals surface area contributed by atoms with Gasteiger partial charge in [-0.05, 0) is 18.4 Å². The monoisotopic (exact) mass is 356 g/mol. The van der Waals surface area contributed by atoms with Crippen molar-refractivity contribution in [3.63, 3.8) is 0 Å². The minimum absolute atomic E-state index is 0.0158. The number of methoxy groups -OCH3 is 1. The summed E-state index contributed by atoms with van der Waals surface area (Å²) in [6, 6.07) is 10.4. The van der Waals surface area contributed by atoms with E-state index in [4.69, 9.17) is 9.47 Å². The van der Waals surface area contributed by atoms with Crippen molar-refractivity contribution in [1.82, 2.24) is 10.2 Å². The zero-order valence-electron chi connectivity index (χ0n) is 15.4. The van der Waals surface area contributed by atoms with Crippen molar-refractivity contribution in [3.8, 4) is 0 Å². The summed E-state index contributed by atoms with van der Waals surface area (Å²) in [5.41, 5.74) is 1.25. The highest BCUT2D eigenvalue weighted by molar-refractivity contribution is 5.77. The van der Waals surface area contributed by atoms with E-state index in [1.807, 2.05) is 6.07 Å². The number of fused-ring (bicyclic) bond motifs is 1. The highest BCUT2D eigenvalue weighted by Crippen LogP contribution is 2.54. The van der Waals surface area contributed by atoms with Gasteiger partial charge in [-0.2, -0.15) is 0 Å². The molecule has 0 aliphatic carbocycles. The number of likely N-dealkylation sites (tertiary alicyclic amines) is 1. The first-order chi connectivity index (χ1) is 12.7. The fourth-order valence-corrected chi connectivity index (χ4v) is 5.01. The maximum Gasteiger partial charge on any atom is 0.245 e. The van der Waals surface area contributed by atoms with E-state index in [1.165, 1.54) is 5.56 Å². The molecule has 0 saturated carbocycles. The summed E-state index contributed by atoms with van der Waals surface area (Å²) in [6.45, 7) is 3.84. The molecule has 0 unspecified atom stereocenters. The molecule has 1 aromatic carbocycles. The summed E-state index contributed by atoms with van der Waals surface area (Å²) in [7, 11) is 1.55. The van der Waals surface area contributed by atoms with Crippen LogP contribution in [0.5, 0.6) is 0 Å². The van der Waals surface area contributed by atoms with Crippen LogP contribution in [0.3, 0.4) is 0 Å². The van der Waals surface area contributed by atoms with Crippen LogP contribution in [-0.4, -0.2) is 62.4 Å². The molecule has 1 spiro atoms. The van der Waals surface area contributed by atoms with E-state index >= 15 is 0 Å². The van der Waals surface area contributed by atoms with Gasteiger partial charge in [0.15, 0.2) is 0 Å². The molecule has 3 heterocycles. The van der Waals surface area contributed by atoms with E-state index < -0.39 is 0 Å². The lowest BCUT2D eigenvalue weighted by atomic mass is 9.73. The molecule has 3 saturated heterocycles. The minimum Gasteiger partial charge on any atom is -0.375 e. The molecular weight excluding hydrogens is 328 g/mol. The quantitative estimate of drug-likeness (QED) is 0.811. The number of benzene rings is 1. The Labute approximate surface area is 155 Å². The molecule has 1 N–H and O–H groups in total. The van der Waals surface area contributed by atoms with Gasteiger partial charge >= 0.3 is 0 Å². The van der Waals surface area contributed by atoms with E-state index in [-0.39, 0.29) is 18.1 Å². The van der Waals surface area contributed by atoms with Gasteiger partial charge in [0, 0.05) is 45.1 Å².